The Balaban J connectivity index is 2.09. The van der Waals surface area contributed by atoms with Gasteiger partial charge in [-0.05, 0) is 10.4 Å². The van der Waals surface area contributed by atoms with Gasteiger partial charge in [0.05, 0.1) is 7.11 Å². The van der Waals surface area contributed by atoms with E-state index >= 15 is 0 Å². The molecule has 2 aromatic heterocycles. The van der Waals surface area contributed by atoms with Gasteiger partial charge in [0.1, 0.15) is 17.1 Å². The maximum Gasteiger partial charge on any atom is 0.250 e. The zero-order valence-corrected chi connectivity index (χ0v) is 12.4. The van der Waals surface area contributed by atoms with Crippen molar-refractivity contribution in [3.63, 3.8) is 0 Å². The molecule has 118 valence electrons. The van der Waals surface area contributed by atoms with Crippen molar-refractivity contribution >= 4 is 17.2 Å². The van der Waals surface area contributed by atoms with Crippen molar-refractivity contribution in [2.75, 3.05) is 7.11 Å². The largest absolute Gasteiger partial charge is 0.491 e. The fourth-order valence-corrected chi connectivity index (χ4v) is 2.62. The van der Waals surface area contributed by atoms with Crippen molar-refractivity contribution in [3.05, 3.63) is 53.2 Å². The standard InChI is InChI=1S/C15H10N6O3/c1-24-14-8(16)12(22)10-11(13(14)23)21-15(18-19-20-21)9(17-10)7-5-3-2-4-6-7/h2-6H,16H2,1H3. The summed E-state index contributed by atoms with van der Waals surface area (Å²) in [6.07, 6.45) is 0. The number of methoxy groups -OCH3 is 1. The lowest BCUT2D eigenvalue weighted by Crippen LogP contribution is -2.31. The zero-order chi connectivity index (χ0) is 16.8. The molecule has 0 fully saturated rings. The molecule has 24 heavy (non-hydrogen) atoms. The van der Waals surface area contributed by atoms with Crippen molar-refractivity contribution < 1.29 is 14.3 Å². The number of hydrogen-bond donors (Lipinski definition) is 1. The average molecular weight is 322 g/mol. The van der Waals surface area contributed by atoms with Gasteiger partial charge in [0.2, 0.25) is 11.4 Å². The van der Waals surface area contributed by atoms with E-state index in [1.54, 1.807) is 12.1 Å². The first-order valence-electron chi connectivity index (χ1n) is 6.94. The molecular formula is C15H10N6O3. The number of tetrazole rings is 1. The highest BCUT2D eigenvalue weighted by Gasteiger charge is 2.37. The van der Waals surface area contributed by atoms with Crippen LogP contribution in [0.15, 0.2) is 41.8 Å². The minimum atomic E-state index is -0.601. The highest BCUT2D eigenvalue weighted by Crippen LogP contribution is 2.28. The van der Waals surface area contributed by atoms with Crippen LogP contribution in [-0.4, -0.2) is 43.7 Å². The van der Waals surface area contributed by atoms with Gasteiger partial charge >= 0.3 is 0 Å². The lowest BCUT2D eigenvalue weighted by Gasteiger charge is -2.18. The van der Waals surface area contributed by atoms with Crippen LogP contribution in [0.3, 0.4) is 0 Å². The van der Waals surface area contributed by atoms with Crippen LogP contribution in [0.5, 0.6) is 0 Å². The number of hydrogen-bond acceptors (Lipinski definition) is 8. The van der Waals surface area contributed by atoms with Crippen LogP contribution < -0.4 is 5.73 Å². The molecule has 0 spiro atoms. The summed E-state index contributed by atoms with van der Waals surface area (Å²) >= 11 is 0. The zero-order valence-electron chi connectivity index (χ0n) is 12.4. The summed E-state index contributed by atoms with van der Waals surface area (Å²) in [5.74, 6) is -1.43. The van der Waals surface area contributed by atoms with E-state index in [1.807, 2.05) is 18.2 Å². The smallest absolute Gasteiger partial charge is 0.250 e. The van der Waals surface area contributed by atoms with Crippen molar-refractivity contribution in [3.8, 4) is 11.3 Å². The van der Waals surface area contributed by atoms with Crippen molar-refractivity contribution in [1.29, 1.82) is 0 Å². The molecule has 0 radical (unpaired) electrons. The second kappa shape index (κ2) is 4.95. The van der Waals surface area contributed by atoms with Gasteiger partial charge in [0.25, 0.3) is 5.78 Å². The summed E-state index contributed by atoms with van der Waals surface area (Å²) < 4.78 is 6.15. The Morgan fingerprint density at radius 2 is 1.83 bits per heavy atom. The molecule has 0 aliphatic heterocycles. The average Bonchev–Trinajstić information content (AvgIpc) is 3.09. The van der Waals surface area contributed by atoms with E-state index in [2.05, 4.69) is 20.5 Å². The number of ether oxygens (including phenoxy) is 1. The van der Waals surface area contributed by atoms with E-state index in [1.165, 1.54) is 11.6 Å². The third kappa shape index (κ3) is 1.75. The number of fused-ring (bicyclic) bond motifs is 3. The maximum atomic E-state index is 12.6. The molecule has 2 heterocycles. The van der Waals surface area contributed by atoms with Gasteiger partial charge in [0.15, 0.2) is 11.5 Å². The topological polar surface area (TPSA) is 125 Å². The third-order valence-corrected chi connectivity index (χ3v) is 3.72. The molecule has 1 aliphatic rings. The molecule has 0 amide bonds. The Labute approximate surface area is 134 Å². The Morgan fingerprint density at radius 1 is 1.08 bits per heavy atom. The van der Waals surface area contributed by atoms with E-state index < -0.39 is 11.6 Å². The van der Waals surface area contributed by atoms with Crippen molar-refractivity contribution in [2.45, 2.75) is 0 Å². The predicted molar refractivity (Wildman–Crippen MR) is 80.9 cm³/mol. The monoisotopic (exact) mass is 322 g/mol. The summed E-state index contributed by atoms with van der Waals surface area (Å²) in [6, 6.07) is 9.10. The van der Waals surface area contributed by atoms with E-state index in [0.29, 0.717) is 11.3 Å². The Morgan fingerprint density at radius 3 is 2.54 bits per heavy atom. The highest BCUT2D eigenvalue weighted by atomic mass is 16.5. The number of rotatable bonds is 2. The lowest BCUT2D eigenvalue weighted by atomic mass is 9.99. The second-order valence-electron chi connectivity index (χ2n) is 5.04. The number of aromatic nitrogens is 5. The maximum absolute atomic E-state index is 12.6. The van der Waals surface area contributed by atoms with Crippen LogP contribution in [0.4, 0.5) is 0 Å². The molecule has 9 nitrogen and oxygen atoms in total. The summed E-state index contributed by atoms with van der Waals surface area (Å²) in [6.45, 7) is 0. The number of nitrogens with two attached hydrogens (primary N) is 1. The number of nitrogens with zero attached hydrogens (tertiary/aromatic N) is 5. The van der Waals surface area contributed by atoms with Crippen LogP contribution >= 0.6 is 0 Å². The van der Waals surface area contributed by atoms with Gasteiger partial charge in [-0.25, -0.2) is 4.98 Å². The van der Waals surface area contributed by atoms with Gasteiger partial charge in [-0.15, -0.1) is 5.10 Å². The van der Waals surface area contributed by atoms with Gasteiger partial charge in [-0.1, -0.05) is 30.3 Å². The molecule has 1 aromatic carbocycles. The normalized spacial score (nSPS) is 14.2. The van der Waals surface area contributed by atoms with Crippen LogP contribution in [0.25, 0.3) is 16.9 Å². The number of allylic oxidation sites excluding steroid dienone is 2. The first kappa shape index (κ1) is 14.0. The summed E-state index contributed by atoms with van der Waals surface area (Å²) in [5, 5.41) is 11.3. The third-order valence-electron chi connectivity index (χ3n) is 3.72. The van der Waals surface area contributed by atoms with E-state index in [0.717, 1.165) is 0 Å². The molecule has 4 rings (SSSR count). The lowest BCUT2D eigenvalue weighted by molar-refractivity contribution is 0.0894. The fraction of sp³-hybridized carbons (Fsp3) is 0.0667. The molecule has 1 aliphatic carbocycles. The van der Waals surface area contributed by atoms with E-state index in [4.69, 9.17) is 10.5 Å². The Bertz CT molecular complexity index is 1040. The molecule has 2 N–H and O–H groups in total. The first-order valence-corrected chi connectivity index (χ1v) is 6.94. The number of ketones is 2. The molecule has 0 saturated heterocycles. The highest BCUT2D eigenvalue weighted by molar-refractivity contribution is 6.24. The van der Waals surface area contributed by atoms with Crippen LogP contribution in [0.1, 0.15) is 21.0 Å². The number of benzene rings is 1. The van der Waals surface area contributed by atoms with Gasteiger partial charge < -0.3 is 10.5 Å². The predicted octanol–water partition coefficient (Wildman–Crippen LogP) is 0.382. The molecule has 0 saturated carbocycles. The van der Waals surface area contributed by atoms with Crippen LogP contribution in [0, 0.1) is 0 Å². The summed E-state index contributed by atoms with van der Waals surface area (Å²) in [7, 11) is 1.26. The SMILES string of the molecule is COC1=C(N)C(=O)c2nc(-c3ccccc3)c3nnnn3c2C1=O. The number of carbonyl (C=O) groups excluding carboxylic acids is 2. The Hall–Kier alpha value is -3.62. The molecular weight excluding hydrogens is 312 g/mol. The second-order valence-corrected chi connectivity index (χ2v) is 5.04. The Kier molecular flexibility index (Phi) is 2.89. The fourth-order valence-electron chi connectivity index (χ4n) is 2.62. The van der Waals surface area contributed by atoms with Crippen LogP contribution in [-0.2, 0) is 4.74 Å². The van der Waals surface area contributed by atoms with E-state index in [-0.39, 0.29) is 28.5 Å². The van der Waals surface area contributed by atoms with Crippen LogP contribution in [0.2, 0.25) is 0 Å². The summed E-state index contributed by atoms with van der Waals surface area (Å²) in [5.41, 5.74) is 6.64. The molecule has 3 aromatic rings. The number of carbonyl (C=O) groups is 2. The quantitative estimate of drug-likeness (QED) is 0.718. The number of Topliss-reactive ketones (excluding diaryl/α,β-unsaturated/α-hetero) is 2. The minimum absolute atomic E-state index is 0.0641. The first-order chi connectivity index (χ1) is 11.6. The van der Waals surface area contributed by atoms with Crippen molar-refractivity contribution in [2.24, 2.45) is 5.73 Å². The van der Waals surface area contributed by atoms with Gasteiger partial charge in [-0.2, -0.15) is 4.52 Å². The van der Waals surface area contributed by atoms with Crippen molar-refractivity contribution in [1.82, 2.24) is 25.0 Å². The molecule has 0 atom stereocenters. The van der Waals surface area contributed by atoms with Gasteiger partial charge in [-0.3, -0.25) is 9.59 Å². The molecule has 0 unspecified atom stereocenters. The van der Waals surface area contributed by atoms with E-state index in [9.17, 15) is 9.59 Å². The minimum Gasteiger partial charge on any atom is -0.491 e. The molecule has 0 bridgehead atoms. The summed E-state index contributed by atoms with van der Waals surface area (Å²) in [4.78, 5) is 29.4. The van der Waals surface area contributed by atoms with Gasteiger partial charge in [0, 0.05) is 5.56 Å². The molecule has 9 heteroatoms.